The van der Waals surface area contributed by atoms with E-state index in [9.17, 15) is 13.2 Å². The number of nitrogens with one attached hydrogen (secondary N) is 1. The lowest BCUT2D eigenvalue weighted by Gasteiger charge is -2.07. The van der Waals surface area contributed by atoms with Crippen molar-refractivity contribution in [3.8, 4) is 0 Å². The zero-order chi connectivity index (χ0) is 14.4. The molecule has 0 aliphatic rings. The van der Waals surface area contributed by atoms with Crippen molar-refractivity contribution < 1.29 is 13.2 Å². The van der Waals surface area contributed by atoms with Gasteiger partial charge in [0.05, 0.1) is 5.75 Å². The molecule has 0 amide bonds. The first-order valence-electron chi connectivity index (χ1n) is 6.05. The SMILES string of the molecule is O=Cc1ccc(NS(=O)(=O)CCc2ccccn2)cc1. The first-order valence-corrected chi connectivity index (χ1v) is 7.70. The number of anilines is 1. The van der Waals surface area contributed by atoms with Crippen molar-refractivity contribution >= 4 is 22.0 Å². The second kappa shape index (κ2) is 6.29. The molecule has 0 radical (unpaired) electrons. The monoisotopic (exact) mass is 290 g/mol. The van der Waals surface area contributed by atoms with Crippen LogP contribution in [-0.4, -0.2) is 25.4 Å². The Kier molecular flexibility index (Phi) is 4.47. The number of hydrogen-bond donors (Lipinski definition) is 1. The number of hydrogen-bond acceptors (Lipinski definition) is 4. The van der Waals surface area contributed by atoms with E-state index in [1.165, 1.54) is 0 Å². The average Bonchev–Trinajstić information content (AvgIpc) is 2.47. The number of aromatic nitrogens is 1. The van der Waals surface area contributed by atoms with Gasteiger partial charge in [-0.15, -0.1) is 0 Å². The fraction of sp³-hybridized carbons (Fsp3) is 0.143. The highest BCUT2D eigenvalue weighted by Crippen LogP contribution is 2.11. The third-order valence-electron chi connectivity index (χ3n) is 2.67. The van der Waals surface area contributed by atoms with E-state index < -0.39 is 10.0 Å². The Morgan fingerprint density at radius 2 is 1.85 bits per heavy atom. The Bertz CT molecular complexity index is 667. The van der Waals surface area contributed by atoms with E-state index in [1.54, 1.807) is 42.6 Å². The van der Waals surface area contributed by atoms with Gasteiger partial charge in [0.1, 0.15) is 6.29 Å². The van der Waals surface area contributed by atoms with Crippen molar-refractivity contribution in [3.63, 3.8) is 0 Å². The van der Waals surface area contributed by atoms with Crippen LogP contribution in [0.4, 0.5) is 5.69 Å². The summed E-state index contributed by atoms with van der Waals surface area (Å²) in [6.45, 7) is 0. The third-order valence-corrected chi connectivity index (χ3v) is 3.96. The fourth-order valence-corrected chi connectivity index (χ4v) is 2.72. The van der Waals surface area contributed by atoms with Crippen LogP contribution in [0.25, 0.3) is 0 Å². The topological polar surface area (TPSA) is 76.1 Å². The summed E-state index contributed by atoms with van der Waals surface area (Å²) in [7, 11) is -3.43. The van der Waals surface area contributed by atoms with E-state index in [0.29, 0.717) is 24.0 Å². The molecule has 0 unspecified atom stereocenters. The third kappa shape index (κ3) is 4.17. The lowest BCUT2D eigenvalue weighted by molar-refractivity contribution is 0.112. The minimum atomic E-state index is -3.43. The molecule has 0 bridgehead atoms. The molecule has 104 valence electrons. The number of rotatable bonds is 6. The molecule has 20 heavy (non-hydrogen) atoms. The van der Waals surface area contributed by atoms with Crippen LogP contribution >= 0.6 is 0 Å². The van der Waals surface area contributed by atoms with E-state index in [-0.39, 0.29) is 5.75 Å². The zero-order valence-electron chi connectivity index (χ0n) is 10.7. The Morgan fingerprint density at radius 1 is 1.10 bits per heavy atom. The summed E-state index contributed by atoms with van der Waals surface area (Å²) in [4.78, 5) is 14.6. The van der Waals surface area contributed by atoms with Crippen LogP contribution in [0, 0.1) is 0 Å². The summed E-state index contributed by atoms with van der Waals surface area (Å²) in [6, 6.07) is 11.6. The van der Waals surface area contributed by atoms with Crippen LogP contribution < -0.4 is 4.72 Å². The summed E-state index contributed by atoms with van der Waals surface area (Å²) in [6.07, 6.45) is 2.69. The molecule has 5 nitrogen and oxygen atoms in total. The van der Waals surface area contributed by atoms with E-state index in [1.807, 2.05) is 6.07 Å². The molecule has 0 aliphatic heterocycles. The van der Waals surface area contributed by atoms with Gasteiger partial charge in [-0.2, -0.15) is 0 Å². The van der Waals surface area contributed by atoms with Crippen molar-refractivity contribution in [2.24, 2.45) is 0 Å². The number of aryl methyl sites for hydroxylation is 1. The Labute approximate surface area is 117 Å². The van der Waals surface area contributed by atoms with Crippen molar-refractivity contribution in [3.05, 3.63) is 59.9 Å². The number of benzene rings is 1. The highest BCUT2D eigenvalue weighted by Gasteiger charge is 2.11. The number of pyridine rings is 1. The predicted molar refractivity (Wildman–Crippen MR) is 77.2 cm³/mol. The van der Waals surface area contributed by atoms with Crippen molar-refractivity contribution in [1.29, 1.82) is 0 Å². The standard InChI is InChI=1S/C14H14N2O3S/c17-11-12-4-6-14(7-5-12)16-20(18,19)10-8-13-3-1-2-9-15-13/h1-7,9,11,16H,8,10H2. The molecule has 0 spiro atoms. The molecule has 0 atom stereocenters. The van der Waals surface area contributed by atoms with Crippen molar-refractivity contribution in [2.75, 3.05) is 10.5 Å². The van der Waals surface area contributed by atoms with Gasteiger partial charge < -0.3 is 0 Å². The minimum Gasteiger partial charge on any atom is -0.298 e. The highest BCUT2D eigenvalue weighted by molar-refractivity contribution is 7.92. The zero-order valence-corrected chi connectivity index (χ0v) is 11.5. The highest BCUT2D eigenvalue weighted by atomic mass is 32.2. The molecule has 0 aliphatic carbocycles. The number of aldehydes is 1. The van der Waals surface area contributed by atoms with Crippen molar-refractivity contribution in [2.45, 2.75) is 6.42 Å². The maximum absolute atomic E-state index is 11.9. The number of carbonyl (C=O) groups is 1. The fourth-order valence-electron chi connectivity index (χ4n) is 1.65. The van der Waals surface area contributed by atoms with E-state index >= 15 is 0 Å². The largest absolute Gasteiger partial charge is 0.298 e. The smallest absolute Gasteiger partial charge is 0.233 e. The average molecular weight is 290 g/mol. The first kappa shape index (κ1) is 14.2. The Morgan fingerprint density at radius 3 is 2.45 bits per heavy atom. The summed E-state index contributed by atoms with van der Waals surface area (Å²) in [5.41, 5.74) is 1.67. The minimum absolute atomic E-state index is 0.0422. The molecule has 1 aromatic heterocycles. The van der Waals surface area contributed by atoms with Gasteiger partial charge in [0.2, 0.25) is 10.0 Å². The molecule has 2 aromatic rings. The predicted octanol–water partition coefficient (Wildman–Crippen LogP) is 1.88. The van der Waals surface area contributed by atoms with E-state index in [2.05, 4.69) is 9.71 Å². The van der Waals surface area contributed by atoms with Crippen LogP contribution in [0.15, 0.2) is 48.7 Å². The second-order valence-corrected chi connectivity index (χ2v) is 6.07. The number of carbonyl (C=O) groups excluding carboxylic acids is 1. The van der Waals surface area contributed by atoms with Crippen LogP contribution in [0.5, 0.6) is 0 Å². The van der Waals surface area contributed by atoms with Crippen LogP contribution in [0.1, 0.15) is 16.1 Å². The maximum Gasteiger partial charge on any atom is 0.233 e. The van der Waals surface area contributed by atoms with Gasteiger partial charge in [-0.25, -0.2) is 8.42 Å². The van der Waals surface area contributed by atoms with Gasteiger partial charge >= 0.3 is 0 Å². The van der Waals surface area contributed by atoms with Gasteiger partial charge in [-0.1, -0.05) is 6.07 Å². The molecule has 0 saturated heterocycles. The van der Waals surface area contributed by atoms with Crippen LogP contribution in [0.3, 0.4) is 0 Å². The van der Waals surface area contributed by atoms with Gasteiger partial charge in [-0.3, -0.25) is 14.5 Å². The normalized spacial score (nSPS) is 11.0. The Balaban J connectivity index is 1.98. The Hall–Kier alpha value is -2.21. The molecular weight excluding hydrogens is 276 g/mol. The summed E-state index contributed by atoms with van der Waals surface area (Å²) < 4.78 is 26.3. The van der Waals surface area contributed by atoms with Gasteiger partial charge in [0.25, 0.3) is 0 Å². The lowest BCUT2D eigenvalue weighted by atomic mass is 10.2. The molecular formula is C14H14N2O3S. The maximum atomic E-state index is 11.9. The quantitative estimate of drug-likeness (QED) is 0.824. The number of nitrogens with zero attached hydrogens (tertiary/aromatic N) is 1. The number of sulfonamides is 1. The van der Waals surface area contributed by atoms with E-state index in [4.69, 9.17) is 0 Å². The van der Waals surface area contributed by atoms with Gasteiger partial charge in [0.15, 0.2) is 0 Å². The molecule has 1 heterocycles. The summed E-state index contributed by atoms with van der Waals surface area (Å²) >= 11 is 0. The first-order chi connectivity index (χ1) is 9.59. The van der Waals surface area contributed by atoms with Gasteiger partial charge in [0, 0.05) is 29.6 Å². The van der Waals surface area contributed by atoms with Gasteiger partial charge in [-0.05, 0) is 36.4 Å². The molecule has 6 heteroatoms. The molecule has 1 aromatic carbocycles. The summed E-state index contributed by atoms with van der Waals surface area (Å²) in [5, 5.41) is 0. The molecule has 2 rings (SSSR count). The van der Waals surface area contributed by atoms with E-state index in [0.717, 1.165) is 5.69 Å². The second-order valence-electron chi connectivity index (χ2n) is 4.23. The molecule has 1 N–H and O–H groups in total. The molecule has 0 saturated carbocycles. The lowest BCUT2D eigenvalue weighted by Crippen LogP contribution is -2.18. The van der Waals surface area contributed by atoms with Crippen LogP contribution in [0.2, 0.25) is 0 Å². The summed E-state index contributed by atoms with van der Waals surface area (Å²) in [5.74, 6) is -0.0422. The van der Waals surface area contributed by atoms with Crippen LogP contribution in [-0.2, 0) is 16.4 Å². The van der Waals surface area contributed by atoms with Crippen molar-refractivity contribution in [1.82, 2.24) is 4.98 Å². The molecule has 0 fully saturated rings.